The molecule has 0 spiro atoms. The molecule has 0 aliphatic carbocycles. The van der Waals surface area contributed by atoms with Gasteiger partial charge in [-0.2, -0.15) is 5.10 Å². The van der Waals surface area contributed by atoms with E-state index in [1.54, 1.807) is 0 Å². The molecule has 0 fully saturated rings. The molecule has 1 N–H and O–H groups in total. The summed E-state index contributed by atoms with van der Waals surface area (Å²) in [5.41, 5.74) is 2.24. The molecule has 1 rings (SSSR count). The molecule has 0 bridgehead atoms. The number of hydrogen-bond acceptors (Lipinski definition) is 2. The van der Waals surface area contributed by atoms with Crippen LogP contribution in [0.2, 0.25) is 5.02 Å². The van der Waals surface area contributed by atoms with E-state index in [0.29, 0.717) is 17.8 Å². The molecule has 0 saturated heterocycles. The maximum absolute atomic E-state index is 6.54. The molecule has 1 heterocycles. The second-order valence-corrected chi connectivity index (χ2v) is 7.01. The summed E-state index contributed by atoms with van der Waals surface area (Å²) in [7, 11) is 0. The molecule has 0 aromatic carbocycles. The average molecular weight is 314 g/mol. The van der Waals surface area contributed by atoms with Crippen molar-refractivity contribution in [2.45, 2.75) is 60.9 Å². The van der Waals surface area contributed by atoms with Crippen LogP contribution in [0, 0.1) is 17.8 Å². The Kier molecular flexibility index (Phi) is 7.75. The molecule has 21 heavy (non-hydrogen) atoms. The molecule has 1 atom stereocenters. The molecule has 0 radical (unpaired) electrons. The van der Waals surface area contributed by atoms with Crippen LogP contribution in [0.4, 0.5) is 0 Å². The zero-order valence-electron chi connectivity index (χ0n) is 14.5. The molecule has 3 nitrogen and oxygen atoms in total. The van der Waals surface area contributed by atoms with E-state index in [1.165, 1.54) is 5.69 Å². The Balaban J connectivity index is 2.81. The Bertz CT molecular complexity index is 424. The highest BCUT2D eigenvalue weighted by molar-refractivity contribution is 6.31. The van der Waals surface area contributed by atoms with Gasteiger partial charge in [-0.25, -0.2) is 0 Å². The standard InChI is InChI=1S/C17H32ClN3/c1-7-15-17(18)16(21(8-2)20-15)9-14(13(5)6)11-19-10-12(3)4/h12-14,19H,7-11H2,1-6H3. The number of nitrogens with one attached hydrogen (secondary N) is 1. The Labute approximate surface area is 135 Å². The number of hydrogen-bond donors (Lipinski definition) is 1. The van der Waals surface area contributed by atoms with Crippen LogP contribution in [0.3, 0.4) is 0 Å². The van der Waals surface area contributed by atoms with Crippen molar-refractivity contribution < 1.29 is 0 Å². The predicted molar refractivity (Wildman–Crippen MR) is 92.0 cm³/mol. The largest absolute Gasteiger partial charge is 0.316 e. The highest BCUT2D eigenvalue weighted by Crippen LogP contribution is 2.26. The first kappa shape index (κ1) is 18.5. The third kappa shape index (κ3) is 5.30. The van der Waals surface area contributed by atoms with Crippen molar-refractivity contribution in [1.82, 2.24) is 15.1 Å². The lowest BCUT2D eigenvalue weighted by Crippen LogP contribution is -2.31. The van der Waals surface area contributed by atoms with Crippen molar-refractivity contribution in [1.29, 1.82) is 0 Å². The maximum Gasteiger partial charge on any atom is 0.0849 e. The fourth-order valence-corrected chi connectivity index (χ4v) is 2.91. The monoisotopic (exact) mass is 313 g/mol. The molecule has 1 aromatic rings. The van der Waals surface area contributed by atoms with Gasteiger partial charge >= 0.3 is 0 Å². The second-order valence-electron chi connectivity index (χ2n) is 6.64. The zero-order chi connectivity index (χ0) is 16.0. The highest BCUT2D eigenvalue weighted by atomic mass is 35.5. The van der Waals surface area contributed by atoms with Crippen molar-refractivity contribution in [3.8, 4) is 0 Å². The lowest BCUT2D eigenvalue weighted by atomic mass is 9.90. The van der Waals surface area contributed by atoms with Gasteiger partial charge in [0.2, 0.25) is 0 Å². The molecule has 0 saturated carbocycles. The molecular formula is C17H32ClN3. The van der Waals surface area contributed by atoms with Crippen LogP contribution in [-0.2, 0) is 19.4 Å². The lowest BCUT2D eigenvalue weighted by molar-refractivity contribution is 0.345. The van der Waals surface area contributed by atoms with Crippen LogP contribution in [0.1, 0.15) is 52.9 Å². The minimum Gasteiger partial charge on any atom is -0.316 e. The quantitative estimate of drug-likeness (QED) is 0.741. The first-order valence-corrected chi connectivity index (χ1v) is 8.73. The summed E-state index contributed by atoms with van der Waals surface area (Å²) in [6.45, 7) is 16.3. The van der Waals surface area contributed by atoms with Crippen LogP contribution in [-0.4, -0.2) is 22.9 Å². The summed E-state index contributed by atoms with van der Waals surface area (Å²) in [4.78, 5) is 0. The van der Waals surface area contributed by atoms with Crippen LogP contribution in [0.25, 0.3) is 0 Å². The Morgan fingerprint density at radius 2 is 1.81 bits per heavy atom. The number of rotatable bonds is 9. The molecule has 0 aliphatic rings. The SMILES string of the molecule is CCc1nn(CC)c(CC(CNCC(C)C)C(C)C)c1Cl. The van der Waals surface area contributed by atoms with Gasteiger partial charge in [-0.3, -0.25) is 4.68 Å². The number of aryl methyl sites for hydroxylation is 2. The second kappa shape index (κ2) is 8.79. The van der Waals surface area contributed by atoms with Crippen LogP contribution in [0.15, 0.2) is 0 Å². The summed E-state index contributed by atoms with van der Waals surface area (Å²) in [5, 5.41) is 9.11. The number of nitrogens with zero attached hydrogens (tertiary/aromatic N) is 2. The van der Waals surface area contributed by atoms with Gasteiger partial charge in [0.05, 0.1) is 16.4 Å². The summed E-state index contributed by atoms with van der Waals surface area (Å²) < 4.78 is 2.08. The van der Waals surface area contributed by atoms with Gasteiger partial charge in [-0.05, 0) is 50.6 Å². The highest BCUT2D eigenvalue weighted by Gasteiger charge is 2.21. The van der Waals surface area contributed by atoms with Crippen molar-refractivity contribution >= 4 is 11.6 Å². The minimum atomic E-state index is 0.591. The number of aromatic nitrogens is 2. The van der Waals surface area contributed by atoms with Crippen molar-refractivity contribution in [2.24, 2.45) is 17.8 Å². The van der Waals surface area contributed by atoms with Gasteiger partial charge < -0.3 is 5.32 Å². The van der Waals surface area contributed by atoms with E-state index in [2.05, 4.69) is 56.6 Å². The van der Waals surface area contributed by atoms with E-state index in [1.807, 2.05) is 0 Å². The molecular weight excluding hydrogens is 282 g/mol. The van der Waals surface area contributed by atoms with Crippen molar-refractivity contribution in [3.63, 3.8) is 0 Å². The predicted octanol–water partition coefficient (Wildman–Crippen LogP) is 4.18. The molecule has 0 aliphatic heterocycles. The average Bonchev–Trinajstić information content (AvgIpc) is 2.73. The molecule has 122 valence electrons. The van der Waals surface area contributed by atoms with Crippen LogP contribution < -0.4 is 5.32 Å². The first-order chi connectivity index (χ1) is 9.90. The zero-order valence-corrected chi connectivity index (χ0v) is 15.3. The Morgan fingerprint density at radius 1 is 1.14 bits per heavy atom. The first-order valence-electron chi connectivity index (χ1n) is 8.35. The van der Waals surface area contributed by atoms with Gasteiger partial charge in [0.15, 0.2) is 0 Å². The lowest BCUT2D eigenvalue weighted by Gasteiger charge is -2.22. The fourth-order valence-electron chi connectivity index (χ4n) is 2.56. The normalized spacial score (nSPS) is 13.4. The van der Waals surface area contributed by atoms with E-state index in [9.17, 15) is 0 Å². The fraction of sp³-hybridized carbons (Fsp3) is 0.824. The van der Waals surface area contributed by atoms with Gasteiger partial charge in [0.1, 0.15) is 0 Å². The van der Waals surface area contributed by atoms with Crippen LogP contribution >= 0.6 is 11.6 Å². The molecule has 1 unspecified atom stereocenters. The van der Waals surface area contributed by atoms with Gasteiger partial charge in [-0.1, -0.05) is 46.2 Å². The molecule has 0 amide bonds. The maximum atomic E-state index is 6.54. The Hall–Kier alpha value is -0.540. The topological polar surface area (TPSA) is 29.9 Å². The van der Waals surface area contributed by atoms with Crippen molar-refractivity contribution in [3.05, 3.63) is 16.4 Å². The van der Waals surface area contributed by atoms with Crippen LogP contribution in [0.5, 0.6) is 0 Å². The molecule has 1 aromatic heterocycles. The summed E-state index contributed by atoms with van der Waals surface area (Å²) in [5.74, 6) is 1.91. The number of halogens is 1. The third-order valence-corrected chi connectivity index (χ3v) is 4.49. The third-order valence-electron chi connectivity index (χ3n) is 4.05. The van der Waals surface area contributed by atoms with E-state index < -0.39 is 0 Å². The van der Waals surface area contributed by atoms with E-state index in [-0.39, 0.29) is 0 Å². The molecule has 4 heteroatoms. The smallest absolute Gasteiger partial charge is 0.0849 e. The van der Waals surface area contributed by atoms with E-state index >= 15 is 0 Å². The summed E-state index contributed by atoms with van der Waals surface area (Å²) in [6.07, 6.45) is 1.90. The van der Waals surface area contributed by atoms with Crippen molar-refractivity contribution in [2.75, 3.05) is 13.1 Å². The van der Waals surface area contributed by atoms with E-state index in [4.69, 9.17) is 11.6 Å². The van der Waals surface area contributed by atoms with E-state index in [0.717, 1.165) is 43.2 Å². The van der Waals surface area contributed by atoms with Gasteiger partial charge in [0.25, 0.3) is 0 Å². The summed E-state index contributed by atoms with van der Waals surface area (Å²) in [6, 6.07) is 0. The Morgan fingerprint density at radius 3 is 2.29 bits per heavy atom. The van der Waals surface area contributed by atoms with Gasteiger partial charge in [-0.15, -0.1) is 0 Å². The minimum absolute atomic E-state index is 0.591. The summed E-state index contributed by atoms with van der Waals surface area (Å²) >= 11 is 6.54. The van der Waals surface area contributed by atoms with Gasteiger partial charge in [0, 0.05) is 6.54 Å².